The number of piperidine rings is 1. The molecular formula is C21H20N6O. The third kappa shape index (κ3) is 3.14. The minimum atomic E-state index is -0.499. The minimum absolute atomic E-state index is 0.140. The molecular weight excluding hydrogens is 352 g/mol. The van der Waals surface area contributed by atoms with Crippen LogP contribution in [0.25, 0.3) is 11.4 Å². The van der Waals surface area contributed by atoms with E-state index in [9.17, 15) is 10.1 Å². The number of nitriles is 1. The summed E-state index contributed by atoms with van der Waals surface area (Å²) in [6.45, 7) is 1.30. The van der Waals surface area contributed by atoms with Gasteiger partial charge in [-0.15, -0.1) is 0 Å². The van der Waals surface area contributed by atoms with Gasteiger partial charge in [0.25, 0.3) is 5.56 Å². The summed E-state index contributed by atoms with van der Waals surface area (Å²) in [7, 11) is 1.72. The quantitative estimate of drug-likeness (QED) is 0.701. The summed E-state index contributed by atoms with van der Waals surface area (Å²) >= 11 is 0. The Kier molecular flexibility index (Phi) is 4.62. The highest BCUT2D eigenvalue weighted by atomic mass is 16.1. The Labute approximate surface area is 162 Å². The maximum atomic E-state index is 12.5. The van der Waals surface area contributed by atoms with E-state index in [-0.39, 0.29) is 5.56 Å². The average Bonchev–Trinajstić information content (AvgIpc) is 2.77. The molecule has 28 heavy (non-hydrogen) atoms. The van der Waals surface area contributed by atoms with E-state index in [1.54, 1.807) is 23.9 Å². The SMILES string of the molecule is Cn1c(N2CCC(C#N)(c3ccccc3)CC2)nc(-c2ccncn2)cc1=O. The summed E-state index contributed by atoms with van der Waals surface area (Å²) in [5.41, 5.74) is 1.55. The van der Waals surface area contributed by atoms with E-state index in [4.69, 9.17) is 0 Å². The van der Waals surface area contributed by atoms with Gasteiger partial charge in [-0.05, 0) is 24.5 Å². The number of anilines is 1. The Morgan fingerprint density at radius 3 is 2.50 bits per heavy atom. The summed E-state index contributed by atoms with van der Waals surface area (Å²) in [6, 6.07) is 15.7. The first-order chi connectivity index (χ1) is 13.6. The molecule has 1 fully saturated rings. The van der Waals surface area contributed by atoms with Crippen LogP contribution in [-0.2, 0) is 12.5 Å². The van der Waals surface area contributed by atoms with E-state index in [1.807, 2.05) is 30.3 Å². The van der Waals surface area contributed by atoms with Crippen LogP contribution in [-0.4, -0.2) is 32.6 Å². The summed E-state index contributed by atoms with van der Waals surface area (Å²) in [4.78, 5) is 27.4. The first kappa shape index (κ1) is 17.9. The fourth-order valence-electron chi connectivity index (χ4n) is 3.69. The largest absolute Gasteiger partial charge is 0.342 e. The summed E-state index contributed by atoms with van der Waals surface area (Å²) in [6.07, 6.45) is 4.43. The lowest BCUT2D eigenvalue weighted by Crippen LogP contribution is -2.44. The van der Waals surface area contributed by atoms with Crippen molar-refractivity contribution in [2.75, 3.05) is 18.0 Å². The Bertz CT molecular complexity index is 1060. The third-order valence-electron chi connectivity index (χ3n) is 5.40. The molecule has 4 rings (SSSR count). The molecule has 0 spiro atoms. The van der Waals surface area contributed by atoms with Crippen LogP contribution in [0.5, 0.6) is 0 Å². The second-order valence-corrected chi connectivity index (χ2v) is 6.98. The molecule has 0 radical (unpaired) electrons. The van der Waals surface area contributed by atoms with Gasteiger partial charge in [0.05, 0.1) is 22.9 Å². The summed E-state index contributed by atoms with van der Waals surface area (Å²) < 4.78 is 1.55. The van der Waals surface area contributed by atoms with Crippen molar-refractivity contribution in [1.82, 2.24) is 19.5 Å². The number of hydrogen-bond donors (Lipinski definition) is 0. The van der Waals surface area contributed by atoms with Crippen LogP contribution in [0.1, 0.15) is 18.4 Å². The highest BCUT2D eigenvalue weighted by molar-refractivity contribution is 5.55. The van der Waals surface area contributed by atoms with Crippen LogP contribution >= 0.6 is 0 Å². The summed E-state index contributed by atoms with van der Waals surface area (Å²) in [5.74, 6) is 0.598. The molecule has 1 aliphatic heterocycles. The van der Waals surface area contributed by atoms with E-state index in [0.717, 1.165) is 5.56 Å². The van der Waals surface area contributed by atoms with E-state index >= 15 is 0 Å². The zero-order valence-corrected chi connectivity index (χ0v) is 15.6. The third-order valence-corrected chi connectivity index (χ3v) is 5.40. The van der Waals surface area contributed by atoms with Gasteiger partial charge in [-0.3, -0.25) is 9.36 Å². The molecule has 0 N–H and O–H groups in total. The van der Waals surface area contributed by atoms with E-state index in [2.05, 4.69) is 25.9 Å². The Balaban J connectivity index is 1.64. The van der Waals surface area contributed by atoms with Gasteiger partial charge >= 0.3 is 0 Å². The fraction of sp³-hybridized carbons (Fsp3) is 0.286. The van der Waals surface area contributed by atoms with Crippen molar-refractivity contribution >= 4 is 5.95 Å². The lowest BCUT2D eigenvalue weighted by Gasteiger charge is -2.38. The molecule has 140 valence electrons. The minimum Gasteiger partial charge on any atom is -0.342 e. The molecule has 0 unspecified atom stereocenters. The van der Waals surface area contributed by atoms with Gasteiger partial charge < -0.3 is 4.90 Å². The highest BCUT2D eigenvalue weighted by Crippen LogP contribution is 2.36. The monoisotopic (exact) mass is 372 g/mol. The molecule has 0 saturated carbocycles. The van der Waals surface area contributed by atoms with Crippen molar-refractivity contribution in [1.29, 1.82) is 5.26 Å². The number of benzene rings is 1. The highest BCUT2D eigenvalue weighted by Gasteiger charge is 2.37. The number of aromatic nitrogens is 4. The van der Waals surface area contributed by atoms with Gasteiger partial charge in [-0.2, -0.15) is 5.26 Å². The molecule has 7 heteroatoms. The molecule has 0 amide bonds. The average molecular weight is 372 g/mol. The van der Waals surface area contributed by atoms with Crippen molar-refractivity contribution in [2.45, 2.75) is 18.3 Å². The standard InChI is InChI=1S/C21H20N6O/c1-26-19(28)13-18(17-7-10-23-15-24-17)25-20(26)27-11-8-21(14-22,9-12-27)16-5-3-2-4-6-16/h2-7,10,13,15H,8-9,11-12H2,1H3. The van der Waals surface area contributed by atoms with Gasteiger partial charge in [0.15, 0.2) is 0 Å². The van der Waals surface area contributed by atoms with E-state index < -0.39 is 5.41 Å². The van der Waals surface area contributed by atoms with Crippen LogP contribution in [0, 0.1) is 11.3 Å². The number of rotatable bonds is 3. The van der Waals surface area contributed by atoms with Crippen LogP contribution in [0.2, 0.25) is 0 Å². The Hall–Kier alpha value is -3.53. The predicted octanol–water partition coefficient (Wildman–Crippen LogP) is 2.30. The first-order valence-corrected chi connectivity index (χ1v) is 9.19. The number of nitrogens with zero attached hydrogens (tertiary/aromatic N) is 6. The topological polar surface area (TPSA) is 87.7 Å². The first-order valence-electron chi connectivity index (χ1n) is 9.19. The van der Waals surface area contributed by atoms with Gasteiger partial charge in [0.2, 0.25) is 5.95 Å². The zero-order valence-electron chi connectivity index (χ0n) is 15.6. The number of hydrogen-bond acceptors (Lipinski definition) is 6. The molecule has 2 aromatic heterocycles. The molecule has 1 saturated heterocycles. The van der Waals surface area contributed by atoms with Crippen molar-refractivity contribution in [3.8, 4) is 17.5 Å². The molecule has 0 aliphatic carbocycles. The maximum Gasteiger partial charge on any atom is 0.255 e. The van der Waals surface area contributed by atoms with Crippen LogP contribution in [0.4, 0.5) is 5.95 Å². The predicted molar refractivity (Wildman–Crippen MR) is 106 cm³/mol. The second-order valence-electron chi connectivity index (χ2n) is 6.98. The maximum absolute atomic E-state index is 12.5. The summed E-state index contributed by atoms with van der Waals surface area (Å²) in [5, 5.41) is 9.89. The van der Waals surface area contributed by atoms with Crippen molar-refractivity contribution in [2.24, 2.45) is 7.05 Å². The smallest absolute Gasteiger partial charge is 0.255 e. The second kappa shape index (κ2) is 7.24. The van der Waals surface area contributed by atoms with Crippen LogP contribution < -0.4 is 10.5 Å². The van der Waals surface area contributed by atoms with Crippen molar-refractivity contribution < 1.29 is 0 Å². The molecule has 0 bridgehead atoms. The van der Waals surface area contributed by atoms with Crippen LogP contribution in [0.15, 0.2) is 59.8 Å². The van der Waals surface area contributed by atoms with E-state index in [0.29, 0.717) is 43.3 Å². The van der Waals surface area contributed by atoms with E-state index in [1.165, 1.54) is 12.4 Å². The molecule has 1 aliphatic rings. The molecule has 7 nitrogen and oxygen atoms in total. The van der Waals surface area contributed by atoms with Crippen molar-refractivity contribution in [3.05, 3.63) is 70.9 Å². The lowest BCUT2D eigenvalue weighted by molar-refractivity contribution is 0.409. The normalized spacial score (nSPS) is 15.8. The lowest BCUT2D eigenvalue weighted by atomic mass is 9.74. The van der Waals surface area contributed by atoms with Gasteiger partial charge in [-0.25, -0.2) is 15.0 Å². The van der Waals surface area contributed by atoms with Gasteiger partial charge in [0.1, 0.15) is 6.33 Å². The molecule has 1 aromatic carbocycles. The molecule has 3 heterocycles. The fourth-order valence-corrected chi connectivity index (χ4v) is 3.69. The Morgan fingerprint density at radius 1 is 1.11 bits per heavy atom. The van der Waals surface area contributed by atoms with Gasteiger partial charge in [-0.1, -0.05) is 30.3 Å². The molecule has 3 aromatic rings. The Morgan fingerprint density at radius 2 is 1.86 bits per heavy atom. The zero-order chi connectivity index (χ0) is 19.6. The van der Waals surface area contributed by atoms with Crippen molar-refractivity contribution in [3.63, 3.8) is 0 Å². The molecule has 0 atom stereocenters. The van der Waals surface area contributed by atoms with Gasteiger partial charge in [0, 0.05) is 32.4 Å². The van der Waals surface area contributed by atoms with Crippen LogP contribution in [0.3, 0.4) is 0 Å².